The topological polar surface area (TPSA) is 31.6 Å². The van der Waals surface area contributed by atoms with Gasteiger partial charge < -0.3 is 7.84 Å². The zero-order valence-electron chi connectivity index (χ0n) is 7.22. The molecule has 1 rings (SSSR count). The van der Waals surface area contributed by atoms with E-state index in [0.29, 0.717) is 8.73 Å². The first kappa shape index (κ1) is 13.6. The van der Waals surface area contributed by atoms with Gasteiger partial charge >= 0.3 is 59.1 Å². The first-order chi connectivity index (χ1) is 3.29. The van der Waals surface area contributed by atoms with E-state index < -0.39 is 0 Å². The Morgan fingerprint density at radius 1 is 1.33 bits per heavy atom. The predicted molar refractivity (Wildman–Crippen MR) is 36.9 cm³/mol. The third-order valence-electron chi connectivity index (χ3n) is 0.452. The molecule has 0 saturated carbocycles. The molecular formula is C2H4N2Na2S3. The Kier molecular flexibility index (Phi) is 10.1. The standard InChI is InChI=1S/C2H2N2S3.2Na.2H/c5-1-3-2(6)7-4-1;;;;/h(H2,3,4,5,6);;;;/q;2*+1;2*-1. The Hall–Kier alpha value is 2.00. The molecule has 1 aromatic heterocycles. The van der Waals surface area contributed by atoms with Gasteiger partial charge in [0.2, 0.25) is 0 Å². The molecule has 42 valence electrons. The van der Waals surface area contributed by atoms with E-state index in [4.69, 9.17) is 12.2 Å². The zero-order chi connectivity index (χ0) is 5.28. The van der Waals surface area contributed by atoms with Crippen LogP contribution in [0.25, 0.3) is 0 Å². The molecule has 1 heterocycles. The van der Waals surface area contributed by atoms with Crippen LogP contribution < -0.4 is 59.1 Å². The largest absolute Gasteiger partial charge is 1.00 e. The molecule has 2 nitrogen and oxygen atoms in total. The summed E-state index contributed by atoms with van der Waals surface area (Å²) < 4.78 is 4.07. The Morgan fingerprint density at radius 2 is 1.89 bits per heavy atom. The van der Waals surface area contributed by atoms with Crippen LogP contribution in [0.1, 0.15) is 2.85 Å². The van der Waals surface area contributed by atoms with Crippen LogP contribution in [-0.4, -0.2) is 9.36 Å². The number of hydrogen-bond donors (Lipinski definition) is 2. The number of aromatic nitrogens is 2. The van der Waals surface area contributed by atoms with Gasteiger partial charge in [-0.3, -0.25) is 4.37 Å². The van der Waals surface area contributed by atoms with Crippen molar-refractivity contribution in [2.75, 3.05) is 0 Å². The van der Waals surface area contributed by atoms with Crippen molar-refractivity contribution in [3.8, 4) is 0 Å². The van der Waals surface area contributed by atoms with Crippen LogP contribution in [0.3, 0.4) is 0 Å². The molecule has 0 atom stereocenters. The van der Waals surface area contributed by atoms with E-state index in [2.05, 4.69) is 21.6 Å². The van der Waals surface area contributed by atoms with E-state index >= 15 is 0 Å². The second-order valence-corrected chi connectivity index (χ2v) is 2.84. The fraction of sp³-hybridized carbons (Fsp3) is 0. The maximum Gasteiger partial charge on any atom is 1.00 e. The molecule has 0 spiro atoms. The monoisotopic (exact) mass is 198 g/mol. The minimum atomic E-state index is 0. The van der Waals surface area contributed by atoms with E-state index in [0.717, 1.165) is 0 Å². The molecule has 1 aromatic rings. The van der Waals surface area contributed by atoms with E-state index in [-0.39, 0.29) is 62.0 Å². The second-order valence-electron chi connectivity index (χ2n) is 0.946. The maximum absolute atomic E-state index is 4.70. The van der Waals surface area contributed by atoms with Crippen molar-refractivity contribution in [3.05, 3.63) is 8.73 Å². The normalized spacial score (nSPS) is 7.11. The molecule has 0 amide bonds. The van der Waals surface area contributed by atoms with Gasteiger partial charge in [-0.05, 0) is 36.0 Å². The molecule has 0 saturated heterocycles. The van der Waals surface area contributed by atoms with Gasteiger partial charge in [0.25, 0.3) is 0 Å². The summed E-state index contributed by atoms with van der Waals surface area (Å²) in [6, 6.07) is 0. The predicted octanol–water partition coefficient (Wildman–Crippen LogP) is -3.90. The number of hydrogen-bond acceptors (Lipinski definition) is 3. The molecular weight excluding hydrogens is 194 g/mol. The maximum atomic E-state index is 4.70. The summed E-state index contributed by atoms with van der Waals surface area (Å²) in [6.45, 7) is 0. The summed E-state index contributed by atoms with van der Waals surface area (Å²) >= 11 is 10.7. The van der Waals surface area contributed by atoms with Crippen LogP contribution in [0.2, 0.25) is 0 Å². The van der Waals surface area contributed by atoms with Crippen molar-refractivity contribution >= 4 is 36.0 Å². The molecule has 0 aliphatic heterocycles. The first-order valence-electron chi connectivity index (χ1n) is 1.57. The van der Waals surface area contributed by atoms with Gasteiger partial charge in [0.05, 0.1) is 0 Å². The molecule has 0 radical (unpaired) electrons. The van der Waals surface area contributed by atoms with Crippen molar-refractivity contribution < 1.29 is 62.0 Å². The number of nitrogens with one attached hydrogen (secondary N) is 2. The van der Waals surface area contributed by atoms with Crippen LogP contribution >= 0.6 is 36.0 Å². The molecule has 0 bridgehead atoms. The fourth-order valence-electron chi connectivity index (χ4n) is 0.236. The van der Waals surface area contributed by atoms with Crippen LogP contribution in [0.4, 0.5) is 0 Å². The van der Waals surface area contributed by atoms with Crippen molar-refractivity contribution in [1.82, 2.24) is 9.36 Å². The van der Waals surface area contributed by atoms with Gasteiger partial charge in [0.15, 0.2) is 8.73 Å². The first-order valence-corrected chi connectivity index (χ1v) is 3.20. The quantitative estimate of drug-likeness (QED) is 0.330. The van der Waals surface area contributed by atoms with Gasteiger partial charge in [0.1, 0.15) is 0 Å². The molecule has 2 N–H and O–H groups in total. The van der Waals surface area contributed by atoms with Gasteiger partial charge in [-0.2, -0.15) is 0 Å². The molecule has 0 aliphatic carbocycles. The van der Waals surface area contributed by atoms with Crippen LogP contribution in [0.5, 0.6) is 0 Å². The van der Waals surface area contributed by atoms with E-state index in [1.54, 1.807) is 0 Å². The number of rotatable bonds is 0. The molecule has 0 unspecified atom stereocenters. The number of aromatic amines is 2. The third kappa shape index (κ3) is 5.29. The van der Waals surface area contributed by atoms with E-state index in [1.165, 1.54) is 11.5 Å². The van der Waals surface area contributed by atoms with Gasteiger partial charge in [-0.1, -0.05) is 0 Å². The van der Waals surface area contributed by atoms with Crippen LogP contribution in [0, 0.1) is 8.73 Å². The van der Waals surface area contributed by atoms with Crippen molar-refractivity contribution in [2.24, 2.45) is 0 Å². The van der Waals surface area contributed by atoms with Gasteiger partial charge in [-0.15, -0.1) is 0 Å². The minimum absolute atomic E-state index is 0. The van der Waals surface area contributed by atoms with Gasteiger partial charge in [-0.25, -0.2) is 0 Å². The Bertz CT molecular complexity index is 230. The smallest absolute Gasteiger partial charge is 1.00 e. The number of H-pyrrole nitrogens is 2. The van der Waals surface area contributed by atoms with E-state index in [1.807, 2.05) is 0 Å². The van der Waals surface area contributed by atoms with Crippen molar-refractivity contribution in [3.63, 3.8) is 0 Å². The molecule has 0 aliphatic rings. The summed E-state index contributed by atoms with van der Waals surface area (Å²) in [7, 11) is 0. The molecule has 0 aromatic carbocycles. The van der Waals surface area contributed by atoms with Crippen molar-refractivity contribution in [1.29, 1.82) is 0 Å². The van der Waals surface area contributed by atoms with Crippen molar-refractivity contribution in [2.45, 2.75) is 0 Å². The van der Waals surface area contributed by atoms with E-state index in [9.17, 15) is 0 Å². The van der Waals surface area contributed by atoms with Crippen LogP contribution in [0.15, 0.2) is 0 Å². The summed E-state index contributed by atoms with van der Waals surface area (Å²) in [5.74, 6) is 0. The Balaban J connectivity index is -0.0000000612. The molecule has 9 heavy (non-hydrogen) atoms. The summed E-state index contributed by atoms with van der Waals surface area (Å²) in [4.78, 5) is 2.73. The van der Waals surface area contributed by atoms with Crippen LogP contribution in [-0.2, 0) is 0 Å². The Morgan fingerprint density at radius 3 is 2.00 bits per heavy atom. The Labute approximate surface area is 114 Å². The average Bonchev–Trinajstić information content (AvgIpc) is 1.87. The third-order valence-corrected chi connectivity index (χ3v) is 1.73. The minimum Gasteiger partial charge on any atom is -1.00 e. The SMILES string of the molecule is S=c1[nH]sc(=S)[nH]1.[H-].[H-].[Na+].[Na+]. The van der Waals surface area contributed by atoms with Gasteiger partial charge in [0, 0.05) is 0 Å². The fourth-order valence-corrected chi connectivity index (χ4v) is 1.21. The summed E-state index contributed by atoms with van der Waals surface area (Å²) in [5.41, 5.74) is 0. The summed E-state index contributed by atoms with van der Waals surface area (Å²) in [5, 5.41) is 0. The second kappa shape index (κ2) is 6.69. The zero-order valence-corrected chi connectivity index (χ0v) is 11.7. The average molecular weight is 198 g/mol. The summed E-state index contributed by atoms with van der Waals surface area (Å²) in [6.07, 6.45) is 0. The molecule has 7 heteroatoms. The molecule has 0 fully saturated rings.